The van der Waals surface area contributed by atoms with E-state index in [2.05, 4.69) is 10.5 Å². The highest BCUT2D eigenvalue weighted by atomic mass is 16.5. The third-order valence-electron chi connectivity index (χ3n) is 3.07. The van der Waals surface area contributed by atoms with Gasteiger partial charge in [0.05, 0.1) is 12.7 Å². The average Bonchev–Trinajstić information content (AvgIpc) is 2.77. The quantitative estimate of drug-likeness (QED) is 0.851. The Morgan fingerprint density at radius 2 is 2.22 bits per heavy atom. The molecule has 0 bridgehead atoms. The minimum atomic E-state index is -0.490. The van der Waals surface area contributed by atoms with E-state index in [9.17, 15) is 9.59 Å². The van der Waals surface area contributed by atoms with Crippen LogP contribution in [0.1, 0.15) is 26.5 Å². The number of piperazine rings is 1. The molecule has 0 radical (unpaired) electrons. The van der Waals surface area contributed by atoms with Crippen molar-refractivity contribution in [3.63, 3.8) is 0 Å². The predicted octanol–water partition coefficient (Wildman–Crippen LogP) is 0.546. The fourth-order valence-electron chi connectivity index (χ4n) is 2.22. The second-order valence-electron chi connectivity index (χ2n) is 4.86. The van der Waals surface area contributed by atoms with E-state index in [1.807, 2.05) is 13.8 Å². The van der Waals surface area contributed by atoms with Gasteiger partial charge in [-0.1, -0.05) is 19.0 Å². The van der Waals surface area contributed by atoms with Gasteiger partial charge in [-0.3, -0.25) is 9.59 Å². The normalized spacial score (nSPS) is 24.6. The van der Waals surface area contributed by atoms with Gasteiger partial charge in [0.15, 0.2) is 5.76 Å². The number of hydrogen-bond donors (Lipinski definition) is 1. The van der Waals surface area contributed by atoms with Gasteiger partial charge in [-0.05, 0) is 12.8 Å². The first-order valence-electron chi connectivity index (χ1n) is 6.01. The average molecular weight is 251 g/mol. The highest BCUT2D eigenvalue weighted by molar-refractivity contribution is 5.96. The van der Waals surface area contributed by atoms with E-state index in [4.69, 9.17) is 4.52 Å². The van der Waals surface area contributed by atoms with Crippen molar-refractivity contribution < 1.29 is 14.1 Å². The smallest absolute Gasteiger partial charge is 0.245 e. The zero-order valence-electron chi connectivity index (χ0n) is 10.7. The summed E-state index contributed by atoms with van der Waals surface area (Å²) in [6.07, 6.45) is 1.53. The molecular formula is C12H17N3O3. The lowest BCUT2D eigenvalue weighted by Gasteiger charge is -2.39. The van der Waals surface area contributed by atoms with Crippen molar-refractivity contribution in [2.24, 2.45) is 5.92 Å². The standard InChI is InChI=1S/C12H17N3O3/c1-7(2)10-11(16)14-8(3)12(17)15(10)6-9-4-5-13-18-9/h4-5,7-8,10H,6H2,1-3H3,(H,14,16). The van der Waals surface area contributed by atoms with E-state index < -0.39 is 12.1 Å². The molecule has 0 saturated carbocycles. The number of hydrogen-bond acceptors (Lipinski definition) is 4. The molecule has 6 nitrogen and oxygen atoms in total. The summed E-state index contributed by atoms with van der Waals surface area (Å²) in [7, 11) is 0. The van der Waals surface area contributed by atoms with Crippen molar-refractivity contribution in [2.45, 2.75) is 39.4 Å². The van der Waals surface area contributed by atoms with Gasteiger partial charge in [0.25, 0.3) is 0 Å². The molecule has 6 heteroatoms. The molecule has 0 aliphatic carbocycles. The van der Waals surface area contributed by atoms with Gasteiger partial charge >= 0.3 is 0 Å². The maximum absolute atomic E-state index is 12.2. The van der Waals surface area contributed by atoms with Crippen LogP contribution in [0.2, 0.25) is 0 Å². The largest absolute Gasteiger partial charge is 0.360 e. The van der Waals surface area contributed by atoms with Crippen molar-refractivity contribution in [1.29, 1.82) is 0 Å². The van der Waals surface area contributed by atoms with E-state index in [0.717, 1.165) is 0 Å². The molecule has 1 aromatic heterocycles. The lowest BCUT2D eigenvalue weighted by Crippen LogP contribution is -2.63. The van der Waals surface area contributed by atoms with Crippen molar-refractivity contribution in [2.75, 3.05) is 0 Å². The van der Waals surface area contributed by atoms with E-state index in [1.165, 1.54) is 6.20 Å². The molecule has 2 unspecified atom stereocenters. The summed E-state index contributed by atoms with van der Waals surface area (Å²) >= 11 is 0. The number of rotatable bonds is 3. The summed E-state index contributed by atoms with van der Waals surface area (Å²) in [5, 5.41) is 6.30. The van der Waals surface area contributed by atoms with Crippen LogP contribution in [0.5, 0.6) is 0 Å². The minimum absolute atomic E-state index is 0.0457. The first-order valence-corrected chi connectivity index (χ1v) is 6.01. The molecule has 1 aromatic rings. The van der Waals surface area contributed by atoms with Crippen LogP contribution >= 0.6 is 0 Å². The van der Waals surface area contributed by atoms with Crippen LogP contribution in [0.25, 0.3) is 0 Å². The van der Waals surface area contributed by atoms with Crippen LogP contribution in [0.4, 0.5) is 0 Å². The molecule has 1 aliphatic rings. The SMILES string of the molecule is CC1NC(=O)C(C(C)C)N(Cc2ccno2)C1=O. The lowest BCUT2D eigenvalue weighted by atomic mass is 9.97. The van der Waals surface area contributed by atoms with Gasteiger partial charge in [-0.2, -0.15) is 0 Å². The second-order valence-corrected chi connectivity index (χ2v) is 4.86. The molecule has 1 aliphatic heterocycles. The highest BCUT2D eigenvalue weighted by Gasteiger charge is 2.40. The molecule has 1 N–H and O–H groups in total. The Kier molecular flexibility index (Phi) is 3.36. The maximum atomic E-state index is 12.2. The Balaban J connectivity index is 2.25. The molecule has 1 fully saturated rings. The Morgan fingerprint density at radius 1 is 1.50 bits per heavy atom. The second kappa shape index (κ2) is 4.80. The third kappa shape index (κ3) is 2.23. The van der Waals surface area contributed by atoms with Crippen molar-refractivity contribution in [3.05, 3.63) is 18.0 Å². The minimum Gasteiger partial charge on any atom is -0.360 e. The Bertz CT molecular complexity index is 441. The molecule has 2 amide bonds. The molecular weight excluding hydrogens is 234 g/mol. The first-order chi connectivity index (χ1) is 8.50. The highest BCUT2D eigenvalue weighted by Crippen LogP contribution is 2.20. The van der Waals surface area contributed by atoms with Gasteiger partial charge in [0.1, 0.15) is 12.1 Å². The lowest BCUT2D eigenvalue weighted by molar-refractivity contribution is -0.151. The Hall–Kier alpha value is -1.85. The van der Waals surface area contributed by atoms with E-state index in [0.29, 0.717) is 5.76 Å². The Labute approximate surface area is 105 Å². The summed E-state index contributed by atoms with van der Waals surface area (Å²) in [4.78, 5) is 25.7. The van der Waals surface area contributed by atoms with Crippen molar-refractivity contribution in [1.82, 2.24) is 15.4 Å². The molecule has 2 rings (SSSR count). The van der Waals surface area contributed by atoms with Crippen molar-refractivity contribution in [3.8, 4) is 0 Å². The molecule has 0 aromatic carbocycles. The van der Waals surface area contributed by atoms with E-state index in [-0.39, 0.29) is 24.3 Å². The molecule has 0 spiro atoms. The Morgan fingerprint density at radius 3 is 2.78 bits per heavy atom. The van der Waals surface area contributed by atoms with Gasteiger partial charge in [0.2, 0.25) is 11.8 Å². The number of nitrogens with one attached hydrogen (secondary N) is 1. The van der Waals surface area contributed by atoms with E-state index in [1.54, 1.807) is 17.9 Å². The molecule has 1 saturated heterocycles. The van der Waals surface area contributed by atoms with Crippen LogP contribution in [0.3, 0.4) is 0 Å². The zero-order valence-corrected chi connectivity index (χ0v) is 10.7. The molecule has 18 heavy (non-hydrogen) atoms. The maximum Gasteiger partial charge on any atom is 0.245 e. The topological polar surface area (TPSA) is 75.4 Å². The fraction of sp³-hybridized carbons (Fsp3) is 0.583. The van der Waals surface area contributed by atoms with Crippen LogP contribution in [-0.2, 0) is 16.1 Å². The first kappa shape index (κ1) is 12.6. The summed E-state index contributed by atoms with van der Waals surface area (Å²) in [5.41, 5.74) is 0. The van der Waals surface area contributed by atoms with Crippen molar-refractivity contribution >= 4 is 11.8 Å². The van der Waals surface area contributed by atoms with Crippen LogP contribution in [-0.4, -0.2) is 34.0 Å². The number of carbonyl (C=O) groups excluding carboxylic acids is 2. The number of nitrogens with zero attached hydrogens (tertiary/aromatic N) is 2. The number of carbonyl (C=O) groups is 2. The molecule has 2 atom stereocenters. The van der Waals surface area contributed by atoms with Gasteiger partial charge < -0.3 is 14.7 Å². The van der Waals surface area contributed by atoms with E-state index >= 15 is 0 Å². The molecule has 2 heterocycles. The number of amides is 2. The fourth-order valence-corrected chi connectivity index (χ4v) is 2.22. The summed E-state index contributed by atoms with van der Waals surface area (Å²) < 4.78 is 5.01. The number of aromatic nitrogens is 1. The summed E-state index contributed by atoms with van der Waals surface area (Å²) in [5.74, 6) is 0.418. The van der Waals surface area contributed by atoms with Gasteiger partial charge in [-0.15, -0.1) is 0 Å². The van der Waals surface area contributed by atoms with Gasteiger partial charge in [-0.25, -0.2) is 0 Å². The summed E-state index contributed by atoms with van der Waals surface area (Å²) in [6, 6.07) is 0.746. The zero-order chi connectivity index (χ0) is 13.3. The van der Waals surface area contributed by atoms with Crippen LogP contribution < -0.4 is 5.32 Å². The third-order valence-corrected chi connectivity index (χ3v) is 3.07. The molecule has 98 valence electrons. The summed E-state index contributed by atoms with van der Waals surface area (Å²) in [6.45, 7) is 5.80. The van der Waals surface area contributed by atoms with Gasteiger partial charge in [0, 0.05) is 6.07 Å². The van der Waals surface area contributed by atoms with Crippen LogP contribution in [0.15, 0.2) is 16.8 Å². The monoisotopic (exact) mass is 251 g/mol. The van der Waals surface area contributed by atoms with Crippen LogP contribution in [0, 0.1) is 5.92 Å². The predicted molar refractivity (Wildman–Crippen MR) is 63.3 cm³/mol.